The summed E-state index contributed by atoms with van der Waals surface area (Å²) in [5.74, 6) is -0.857. The third-order valence-corrected chi connectivity index (χ3v) is 6.79. The third-order valence-electron chi connectivity index (χ3n) is 4.96. The Hall–Kier alpha value is -3.24. The first kappa shape index (κ1) is 22.9. The molecule has 3 aromatic carbocycles. The van der Waals surface area contributed by atoms with Gasteiger partial charge in [-0.1, -0.05) is 83.5 Å². The molecule has 0 radical (unpaired) electrons. The molecular formula is C25H17Cl2N3O2S. The number of nitriles is 1. The van der Waals surface area contributed by atoms with E-state index >= 15 is 0 Å². The highest BCUT2D eigenvalue weighted by molar-refractivity contribution is 8.05. The number of nitrogens with zero attached hydrogens (tertiary/aromatic N) is 2. The number of benzene rings is 3. The minimum Gasteiger partial charge on any atom is -0.320 e. The molecule has 0 unspecified atom stereocenters. The van der Waals surface area contributed by atoms with E-state index in [1.807, 2.05) is 42.5 Å². The van der Waals surface area contributed by atoms with Gasteiger partial charge in [-0.15, -0.1) is 0 Å². The summed E-state index contributed by atoms with van der Waals surface area (Å²) in [5, 5.41) is 13.0. The van der Waals surface area contributed by atoms with Crippen molar-refractivity contribution in [1.29, 1.82) is 5.26 Å². The number of hydrogen-bond donors (Lipinski definition) is 1. The quantitative estimate of drug-likeness (QED) is 0.346. The van der Waals surface area contributed by atoms with Crippen LogP contribution in [0.2, 0.25) is 10.0 Å². The van der Waals surface area contributed by atoms with Gasteiger partial charge in [-0.05, 0) is 42.3 Å². The zero-order chi connectivity index (χ0) is 23.4. The van der Waals surface area contributed by atoms with Crippen LogP contribution in [0, 0.1) is 11.3 Å². The maximum atomic E-state index is 13.4. The Morgan fingerprint density at radius 3 is 2.36 bits per heavy atom. The molecule has 2 amide bonds. The predicted molar refractivity (Wildman–Crippen MR) is 133 cm³/mol. The molecule has 0 saturated carbocycles. The molecule has 1 heterocycles. The van der Waals surface area contributed by atoms with E-state index in [1.165, 1.54) is 22.7 Å². The van der Waals surface area contributed by atoms with E-state index in [2.05, 4.69) is 5.32 Å². The highest BCUT2D eigenvalue weighted by Crippen LogP contribution is 2.42. The topological polar surface area (TPSA) is 73.2 Å². The van der Waals surface area contributed by atoms with Crippen LogP contribution in [0.15, 0.2) is 89.5 Å². The summed E-state index contributed by atoms with van der Waals surface area (Å²) >= 11 is 13.4. The second-order valence-electron chi connectivity index (χ2n) is 7.18. The molecule has 0 spiro atoms. The molecule has 0 aliphatic carbocycles. The van der Waals surface area contributed by atoms with E-state index < -0.39 is 11.2 Å². The van der Waals surface area contributed by atoms with Crippen LogP contribution in [0.5, 0.6) is 0 Å². The van der Waals surface area contributed by atoms with Gasteiger partial charge in [0.15, 0.2) is 0 Å². The summed E-state index contributed by atoms with van der Waals surface area (Å²) in [6.07, 6.45) is 0.470. The normalized spacial score (nSPS) is 16.9. The maximum absolute atomic E-state index is 13.4. The Balaban J connectivity index is 1.73. The van der Waals surface area contributed by atoms with Gasteiger partial charge in [0, 0.05) is 10.7 Å². The highest BCUT2D eigenvalue weighted by Gasteiger charge is 2.40. The molecule has 1 N–H and O–H groups in total. The van der Waals surface area contributed by atoms with Crippen molar-refractivity contribution in [3.63, 3.8) is 0 Å². The fraction of sp³-hybridized carbons (Fsp3) is 0.0800. The molecule has 0 bridgehead atoms. The average molecular weight is 494 g/mol. The van der Waals surface area contributed by atoms with E-state index in [0.717, 1.165) is 5.56 Å². The van der Waals surface area contributed by atoms with Crippen LogP contribution in [0.25, 0.3) is 0 Å². The smallest absolute Gasteiger partial charge is 0.269 e. The minimum absolute atomic E-state index is 0.177. The molecule has 4 rings (SSSR count). The molecule has 0 aromatic heterocycles. The number of carbonyl (C=O) groups excluding carboxylic acids is 2. The van der Waals surface area contributed by atoms with Crippen LogP contribution >= 0.6 is 35.0 Å². The summed E-state index contributed by atoms with van der Waals surface area (Å²) in [5.41, 5.74) is 1.68. The predicted octanol–water partition coefficient (Wildman–Crippen LogP) is 6.06. The van der Waals surface area contributed by atoms with Gasteiger partial charge in [-0.25, -0.2) is 0 Å². The molecule has 8 heteroatoms. The Morgan fingerprint density at radius 1 is 1.03 bits per heavy atom. The molecule has 1 atom stereocenters. The second kappa shape index (κ2) is 10.1. The Kier molecular flexibility index (Phi) is 7.05. The van der Waals surface area contributed by atoms with E-state index in [1.54, 1.807) is 36.4 Å². The molecule has 33 heavy (non-hydrogen) atoms. The van der Waals surface area contributed by atoms with E-state index in [0.29, 0.717) is 17.1 Å². The van der Waals surface area contributed by atoms with Gasteiger partial charge < -0.3 is 5.32 Å². The maximum Gasteiger partial charge on any atom is 0.269 e. The Morgan fingerprint density at radius 2 is 1.70 bits per heavy atom. The number of halogens is 2. The van der Waals surface area contributed by atoms with Crippen molar-refractivity contribution in [2.75, 3.05) is 10.2 Å². The van der Waals surface area contributed by atoms with Crippen molar-refractivity contribution in [1.82, 2.24) is 0 Å². The van der Waals surface area contributed by atoms with Gasteiger partial charge in [0.05, 0.1) is 16.0 Å². The summed E-state index contributed by atoms with van der Waals surface area (Å²) in [4.78, 5) is 28.0. The van der Waals surface area contributed by atoms with Crippen LogP contribution in [0.4, 0.5) is 11.4 Å². The first-order valence-corrected chi connectivity index (χ1v) is 11.6. The first-order valence-electron chi connectivity index (χ1n) is 9.98. The molecule has 1 saturated heterocycles. The van der Waals surface area contributed by atoms with Crippen molar-refractivity contribution >= 4 is 58.2 Å². The first-order chi connectivity index (χ1) is 16.0. The summed E-state index contributed by atoms with van der Waals surface area (Å²) < 4.78 is 0. The standard InChI is InChI=1S/C25H17Cl2N3O2S/c26-17-11-12-20(27)21(14-17)29-23(31)19(15-28)25-30(18-9-5-2-6-10-18)24(32)22(33-25)13-16-7-3-1-4-8-16/h1-12,14,22H,13H2,(H,29,31)/b25-19-/t22-/m0/s1. The largest absolute Gasteiger partial charge is 0.320 e. The summed E-state index contributed by atoms with van der Waals surface area (Å²) in [7, 11) is 0. The van der Waals surface area contributed by atoms with Crippen molar-refractivity contribution in [3.8, 4) is 6.07 Å². The van der Waals surface area contributed by atoms with Crippen LogP contribution in [-0.4, -0.2) is 17.1 Å². The molecular weight excluding hydrogens is 477 g/mol. The van der Waals surface area contributed by atoms with Gasteiger partial charge in [0.2, 0.25) is 5.91 Å². The van der Waals surface area contributed by atoms with Crippen molar-refractivity contribution in [2.24, 2.45) is 0 Å². The van der Waals surface area contributed by atoms with E-state index in [9.17, 15) is 14.9 Å². The van der Waals surface area contributed by atoms with Gasteiger partial charge in [0.1, 0.15) is 16.7 Å². The van der Waals surface area contributed by atoms with Crippen LogP contribution in [0.3, 0.4) is 0 Å². The SMILES string of the molecule is N#C/C(C(=O)Nc1cc(Cl)ccc1Cl)=C1/S[C@@H](Cc2ccccc2)C(=O)N1c1ccccc1. The van der Waals surface area contributed by atoms with Gasteiger partial charge in [-0.2, -0.15) is 5.26 Å². The average Bonchev–Trinajstić information content (AvgIpc) is 3.13. The zero-order valence-corrected chi connectivity index (χ0v) is 19.5. The molecule has 164 valence electrons. The van der Waals surface area contributed by atoms with Gasteiger partial charge in [-0.3, -0.25) is 14.5 Å². The molecule has 3 aromatic rings. The lowest BCUT2D eigenvalue weighted by atomic mass is 10.1. The van der Waals surface area contributed by atoms with E-state index in [-0.39, 0.29) is 27.2 Å². The molecule has 1 aliphatic heterocycles. The van der Waals surface area contributed by atoms with Gasteiger partial charge in [0.25, 0.3) is 5.91 Å². The van der Waals surface area contributed by atoms with Crippen LogP contribution < -0.4 is 10.2 Å². The number of hydrogen-bond acceptors (Lipinski definition) is 4. The summed E-state index contributed by atoms with van der Waals surface area (Å²) in [6, 6.07) is 25.2. The number of para-hydroxylation sites is 1. The number of rotatable bonds is 5. The summed E-state index contributed by atoms with van der Waals surface area (Å²) in [6.45, 7) is 0. The van der Waals surface area contributed by atoms with Crippen molar-refractivity contribution in [2.45, 2.75) is 11.7 Å². The van der Waals surface area contributed by atoms with Gasteiger partial charge >= 0.3 is 0 Å². The second-order valence-corrected chi connectivity index (χ2v) is 9.21. The molecule has 5 nitrogen and oxygen atoms in total. The lowest BCUT2D eigenvalue weighted by molar-refractivity contribution is -0.117. The lowest BCUT2D eigenvalue weighted by Gasteiger charge is -2.18. The zero-order valence-electron chi connectivity index (χ0n) is 17.2. The number of carbonyl (C=O) groups is 2. The third kappa shape index (κ3) is 5.07. The lowest BCUT2D eigenvalue weighted by Crippen LogP contribution is -2.30. The molecule has 1 fully saturated rings. The van der Waals surface area contributed by atoms with Crippen molar-refractivity contribution in [3.05, 3.63) is 105 Å². The molecule has 1 aliphatic rings. The van der Waals surface area contributed by atoms with Crippen LogP contribution in [-0.2, 0) is 16.0 Å². The Bertz CT molecular complexity index is 1270. The number of amides is 2. The number of nitrogens with one attached hydrogen (secondary N) is 1. The Labute approximate surface area is 205 Å². The monoisotopic (exact) mass is 493 g/mol. The van der Waals surface area contributed by atoms with Crippen molar-refractivity contribution < 1.29 is 9.59 Å². The number of thioether (sulfide) groups is 1. The highest BCUT2D eigenvalue weighted by atomic mass is 35.5. The number of anilines is 2. The fourth-order valence-corrected chi connectivity index (χ4v) is 5.05. The fourth-order valence-electron chi connectivity index (χ4n) is 3.41. The van der Waals surface area contributed by atoms with Crippen LogP contribution in [0.1, 0.15) is 5.56 Å². The minimum atomic E-state index is -0.668. The van der Waals surface area contributed by atoms with E-state index in [4.69, 9.17) is 23.2 Å².